The van der Waals surface area contributed by atoms with Crippen molar-refractivity contribution in [2.45, 2.75) is 20.4 Å². The van der Waals surface area contributed by atoms with Crippen molar-refractivity contribution in [3.63, 3.8) is 0 Å². The second-order valence-corrected chi connectivity index (χ2v) is 6.10. The quantitative estimate of drug-likeness (QED) is 0.833. The number of nitrogens with one attached hydrogen (secondary N) is 1. The molecule has 0 aliphatic rings. The van der Waals surface area contributed by atoms with Crippen molar-refractivity contribution >= 4 is 21.8 Å². The molecule has 0 aliphatic heterocycles. The molecule has 2 rings (SSSR count). The highest BCUT2D eigenvalue weighted by atomic mass is 79.9. The molecule has 0 aromatic heterocycles. The zero-order valence-electron chi connectivity index (χ0n) is 13.5. The molecule has 0 saturated carbocycles. The van der Waals surface area contributed by atoms with E-state index in [-0.39, 0.29) is 12.5 Å². The van der Waals surface area contributed by atoms with E-state index in [4.69, 9.17) is 9.47 Å². The van der Waals surface area contributed by atoms with Crippen LogP contribution >= 0.6 is 15.9 Å². The van der Waals surface area contributed by atoms with E-state index in [2.05, 4.69) is 21.2 Å². The van der Waals surface area contributed by atoms with Gasteiger partial charge in [-0.3, -0.25) is 4.79 Å². The maximum Gasteiger partial charge on any atom is 0.258 e. The standard InChI is InChI=1S/C18H20BrNO3/c1-12-9-17(13(2)8-15(12)19)23-11-18(21)20-10-14-6-4-5-7-16(14)22-3/h4-9H,10-11H2,1-3H3,(H,20,21). The van der Waals surface area contributed by atoms with Gasteiger partial charge < -0.3 is 14.8 Å². The average molecular weight is 378 g/mol. The van der Waals surface area contributed by atoms with E-state index in [1.165, 1.54) is 0 Å². The van der Waals surface area contributed by atoms with Crippen LogP contribution in [0.3, 0.4) is 0 Å². The van der Waals surface area contributed by atoms with Crippen molar-refractivity contribution < 1.29 is 14.3 Å². The van der Waals surface area contributed by atoms with Crippen LogP contribution in [-0.2, 0) is 11.3 Å². The number of hydrogen-bond donors (Lipinski definition) is 1. The summed E-state index contributed by atoms with van der Waals surface area (Å²) in [5, 5.41) is 2.84. The molecule has 0 heterocycles. The van der Waals surface area contributed by atoms with E-state index in [9.17, 15) is 4.79 Å². The Morgan fingerprint density at radius 3 is 2.61 bits per heavy atom. The number of rotatable bonds is 6. The molecule has 0 spiro atoms. The van der Waals surface area contributed by atoms with Crippen LogP contribution in [-0.4, -0.2) is 19.6 Å². The van der Waals surface area contributed by atoms with E-state index in [0.29, 0.717) is 6.54 Å². The number of aryl methyl sites for hydroxylation is 2. The summed E-state index contributed by atoms with van der Waals surface area (Å²) in [6, 6.07) is 11.5. The molecular formula is C18H20BrNO3. The summed E-state index contributed by atoms with van der Waals surface area (Å²) in [6.45, 7) is 4.33. The predicted molar refractivity (Wildman–Crippen MR) is 94.0 cm³/mol. The van der Waals surface area contributed by atoms with Gasteiger partial charge in [-0.1, -0.05) is 34.1 Å². The molecule has 1 amide bonds. The molecule has 23 heavy (non-hydrogen) atoms. The number of ether oxygens (including phenoxy) is 2. The van der Waals surface area contributed by atoms with E-state index >= 15 is 0 Å². The average Bonchev–Trinajstić information content (AvgIpc) is 2.55. The fourth-order valence-electron chi connectivity index (χ4n) is 2.15. The summed E-state index contributed by atoms with van der Waals surface area (Å²) in [6.07, 6.45) is 0. The van der Waals surface area contributed by atoms with Crippen molar-refractivity contribution in [1.82, 2.24) is 5.32 Å². The van der Waals surface area contributed by atoms with Gasteiger partial charge in [0.05, 0.1) is 7.11 Å². The van der Waals surface area contributed by atoms with Crippen LogP contribution in [0.1, 0.15) is 16.7 Å². The highest BCUT2D eigenvalue weighted by Gasteiger charge is 2.08. The van der Waals surface area contributed by atoms with Gasteiger partial charge in [0.1, 0.15) is 11.5 Å². The zero-order chi connectivity index (χ0) is 16.8. The van der Waals surface area contributed by atoms with Crippen LogP contribution in [0.15, 0.2) is 40.9 Å². The number of carbonyl (C=O) groups is 1. The van der Waals surface area contributed by atoms with Crippen molar-refractivity contribution in [3.05, 3.63) is 57.6 Å². The number of amides is 1. The van der Waals surface area contributed by atoms with Gasteiger partial charge in [0, 0.05) is 16.6 Å². The summed E-state index contributed by atoms with van der Waals surface area (Å²) >= 11 is 3.48. The normalized spacial score (nSPS) is 10.3. The largest absolute Gasteiger partial charge is 0.496 e. The lowest BCUT2D eigenvalue weighted by atomic mass is 10.1. The molecule has 2 aromatic carbocycles. The van der Waals surface area contributed by atoms with E-state index < -0.39 is 0 Å². The summed E-state index contributed by atoms with van der Waals surface area (Å²) < 4.78 is 11.9. The third-order valence-corrected chi connectivity index (χ3v) is 4.34. The summed E-state index contributed by atoms with van der Waals surface area (Å²) in [5.74, 6) is 1.31. The fraction of sp³-hybridized carbons (Fsp3) is 0.278. The fourth-order valence-corrected chi connectivity index (χ4v) is 2.60. The summed E-state index contributed by atoms with van der Waals surface area (Å²) in [7, 11) is 1.61. The Labute approximate surface area is 144 Å². The second-order valence-electron chi connectivity index (χ2n) is 5.24. The highest BCUT2D eigenvalue weighted by Crippen LogP contribution is 2.26. The minimum absolute atomic E-state index is 0.0168. The molecule has 0 bridgehead atoms. The number of halogens is 1. The van der Waals surface area contributed by atoms with E-state index in [1.54, 1.807) is 7.11 Å². The lowest BCUT2D eigenvalue weighted by Gasteiger charge is -2.12. The van der Waals surface area contributed by atoms with Gasteiger partial charge in [-0.15, -0.1) is 0 Å². The Hall–Kier alpha value is -2.01. The number of hydrogen-bond acceptors (Lipinski definition) is 3. The predicted octanol–water partition coefficient (Wildman–Crippen LogP) is 3.77. The second kappa shape index (κ2) is 8.02. The van der Waals surface area contributed by atoms with Crippen molar-refractivity contribution in [2.75, 3.05) is 13.7 Å². The first-order valence-electron chi connectivity index (χ1n) is 7.29. The molecule has 5 heteroatoms. The number of methoxy groups -OCH3 is 1. The molecule has 1 N–H and O–H groups in total. The van der Waals surface area contributed by atoms with Crippen molar-refractivity contribution in [2.24, 2.45) is 0 Å². The molecule has 2 aromatic rings. The van der Waals surface area contributed by atoms with Crippen molar-refractivity contribution in [3.8, 4) is 11.5 Å². The van der Waals surface area contributed by atoms with Gasteiger partial charge >= 0.3 is 0 Å². The molecule has 122 valence electrons. The minimum atomic E-state index is -0.170. The first kappa shape index (κ1) is 17.3. The van der Waals surface area contributed by atoms with Crippen LogP contribution in [0.5, 0.6) is 11.5 Å². The Morgan fingerprint density at radius 1 is 1.13 bits per heavy atom. The van der Waals surface area contributed by atoms with Gasteiger partial charge in [0.15, 0.2) is 6.61 Å². The van der Waals surface area contributed by atoms with Crippen LogP contribution in [0.4, 0.5) is 0 Å². The van der Waals surface area contributed by atoms with Crippen molar-refractivity contribution in [1.29, 1.82) is 0 Å². The van der Waals surface area contributed by atoms with Crippen LogP contribution in [0, 0.1) is 13.8 Å². The molecule has 0 fully saturated rings. The smallest absolute Gasteiger partial charge is 0.258 e. The Morgan fingerprint density at radius 2 is 1.87 bits per heavy atom. The lowest BCUT2D eigenvalue weighted by Crippen LogP contribution is -2.28. The van der Waals surface area contributed by atoms with Gasteiger partial charge in [0.25, 0.3) is 5.91 Å². The maximum absolute atomic E-state index is 12.0. The Bertz CT molecular complexity index is 701. The zero-order valence-corrected chi connectivity index (χ0v) is 15.1. The van der Waals surface area contributed by atoms with Crippen LogP contribution < -0.4 is 14.8 Å². The minimum Gasteiger partial charge on any atom is -0.496 e. The third kappa shape index (κ3) is 4.73. The molecule has 0 atom stereocenters. The van der Waals surface area contributed by atoms with Crippen LogP contribution in [0.2, 0.25) is 0 Å². The first-order valence-corrected chi connectivity index (χ1v) is 8.08. The topological polar surface area (TPSA) is 47.6 Å². The monoisotopic (exact) mass is 377 g/mol. The number of benzene rings is 2. The Kier molecular flexibility index (Phi) is 6.04. The molecule has 0 unspecified atom stereocenters. The Balaban J connectivity index is 1.89. The molecule has 0 radical (unpaired) electrons. The number of carbonyl (C=O) groups excluding carboxylic acids is 1. The van der Waals surface area contributed by atoms with Gasteiger partial charge in [-0.2, -0.15) is 0 Å². The van der Waals surface area contributed by atoms with Crippen LogP contribution in [0.25, 0.3) is 0 Å². The lowest BCUT2D eigenvalue weighted by molar-refractivity contribution is -0.123. The molecule has 0 aliphatic carbocycles. The maximum atomic E-state index is 12.0. The summed E-state index contributed by atoms with van der Waals surface area (Å²) in [5.41, 5.74) is 2.99. The van der Waals surface area contributed by atoms with Gasteiger partial charge in [0.2, 0.25) is 0 Å². The SMILES string of the molecule is COc1ccccc1CNC(=O)COc1cc(C)c(Br)cc1C. The van der Waals surface area contributed by atoms with E-state index in [0.717, 1.165) is 32.7 Å². The molecule has 4 nitrogen and oxygen atoms in total. The number of para-hydroxylation sites is 1. The van der Waals surface area contributed by atoms with Gasteiger partial charge in [-0.05, 0) is 43.2 Å². The first-order chi connectivity index (χ1) is 11.0. The third-order valence-electron chi connectivity index (χ3n) is 3.48. The van der Waals surface area contributed by atoms with E-state index in [1.807, 2.05) is 50.2 Å². The molecular weight excluding hydrogens is 358 g/mol. The highest BCUT2D eigenvalue weighted by molar-refractivity contribution is 9.10. The van der Waals surface area contributed by atoms with Gasteiger partial charge in [-0.25, -0.2) is 0 Å². The summed E-state index contributed by atoms with van der Waals surface area (Å²) in [4.78, 5) is 12.0. The molecule has 0 saturated heterocycles.